The molecule has 1 N–H and O–H groups in total. The van der Waals surface area contributed by atoms with Crippen molar-refractivity contribution < 1.29 is 9.90 Å². The summed E-state index contributed by atoms with van der Waals surface area (Å²) in [7, 11) is 0. The molecule has 2 unspecified atom stereocenters. The maximum atomic E-state index is 11.9. The molecule has 3 nitrogen and oxygen atoms in total. The molecule has 1 fully saturated rings. The molecule has 0 saturated carbocycles. The van der Waals surface area contributed by atoms with Crippen LogP contribution in [0.5, 0.6) is 0 Å². The average molecular weight is 289 g/mol. The van der Waals surface area contributed by atoms with Gasteiger partial charge in [0, 0.05) is 6.04 Å². The molecule has 0 aliphatic carbocycles. The van der Waals surface area contributed by atoms with E-state index in [1.807, 2.05) is 25.1 Å². The number of carbonyl (C=O) groups is 1. The summed E-state index contributed by atoms with van der Waals surface area (Å²) in [5.74, 6) is -0.151. The minimum atomic E-state index is -0.742. The Kier molecular flexibility index (Phi) is 5.04. The van der Waals surface area contributed by atoms with E-state index in [4.69, 9.17) is 0 Å². The van der Waals surface area contributed by atoms with E-state index in [0.717, 1.165) is 32.2 Å². The van der Waals surface area contributed by atoms with Gasteiger partial charge in [0.1, 0.15) is 5.54 Å². The summed E-state index contributed by atoms with van der Waals surface area (Å²) in [6, 6.07) is 10.6. The van der Waals surface area contributed by atoms with Gasteiger partial charge in [-0.15, -0.1) is 0 Å². The van der Waals surface area contributed by atoms with E-state index in [1.165, 1.54) is 5.56 Å². The van der Waals surface area contributed by atoms with E-state index in [-0.39, 0.29) is 6.04 Å². The Bertz CT molecular complexity index is 471. The molecule has 3 heteroatoms. The average Bonchev–Trinajstić information content (AvgIpc) is 2.46. The minimum Gasteiger partial charge on any atom is -0.480 e. The fourth-order valence-electron chi connectivity index (χ4n) is 3.44. The van der Waals surface area contributed by atoms with Crippen molar-refractivity contribution >= 4 is 5.97 Å². The summed E-state index contributed by atoms with van der Waals surface area (Å²) < 4.78 is 0. The Morgan fingerprint density at radius 3 is 2.52 bits per heavy atom. The van der Waals surface area contributed by atoms with Crippen LogP contribution < -0.4 is 0 Å². The van der Waals surface area contributed by atoms with Crippen LogP contribution >= 0.6 is 0 Å². The summed E-state index contributed by atoms with van der Waals surface area (Å²) >= 11 is 0. The fraction of sp³-hybridized carbons (Fsp3) is 0.611. The van der Waals surface area contributed by atoms with Gasteiger partial charge in [0.15, 0.2) is 0 Å². The van der Waals surface area contributed by atoms with Gasteiger partial charge in [0.2, 0.25) is 0 Å². The van der Waals surface area contributed by atoms with Gasteiger partial charge in [-0.3, -0.25) is 9.69 Å². The summed E-state index contributed by atoms with van der Waals surface area (Å²) in [6.07, 6.45) is 3.82. The number of hydrogen-bond donors (Lipinski definition) is 1. The lowest BCUT2D eigenvalue weighted by molar-refractivity contribution is -0.155. The third-order valence-electron chi connectivity index (χ3n) is 4.66. The maximum Gasteiger partial charge on any atom is 0.323 e. The predicted molar refractivity (Wildman–Crippen MR) is 85.2 cm³/mol. The number of aliphatic carboxylic acids is 1. The Balaban J connectivity index is 2.36. The highest BCUT2D eigenvalue weighted by Gasteiger charge is 2.44. The van der Waals surface area contributed by atoms with Gasteiger partial charge in [-0.25, -0.2) is 0 Å². The first-order chi connectivity index (χ1) is 9.95. The molecule has 1 heterocycles. The first-order valence-electron chi connectivity index (χ1n) is 8.00. The van der Waals surface area contributed by atoms with Crippen molar-refractivity contribution in [2.24, 2.45) is 5.92 Å². The van der Waals surface area contributed by atoms with Crippen LogP contribution in [0.25, 0.3) is 0 Å². The molecule has 21 heavy (non-hydrogen) atoms. The number of carboxylic acids is 1. The van der Waals surface area contributed by atoms with Crippen LogP contribution in [0.4, 0.5) is 0 Å². The number of rotatable bonds is 5. The first-order valence-corrected chi connectivity index (χ1v) is 8.00. The van der Waals surface area contributed by atoms with Crippen molar-refractivity contribution in [2.45, 2.75) is 58.0 Å². The Morgan fingerprint density at radius 1 is 1.29 bits per heavy atom. The predicted octanol–water partition coefficient (Wildman–Crippen LogP) is 4.10. The van der Waals surface area contributed by atoms with Crippen molar-refractivity contribution in [3.63, 3.8) is 0 Å². The van der Waals surface area contributed by atoms with E-state index in [1.54, 1.807) is 0 Å². The molecule has 0 amide bonds. The van der Waals surface area contributed by atoms with Crippen LogP contribution in [-0.4, -0.2) is 28.1 Å². The highest BCUT2D eigenvalue weighted by molar-refractivity contribution is 5.78. The minimum absolute atomic E-state index is 0.188. The summed E-state index contributed by atoms with van der Waals surface area (Å²) in [4.78, 5) is 14.1. The van der Waals surface area contributed by atoms with Gasteiger partial charge >= 0.3 is 5.97 Å². The van der Waals surface area contributed by atoms with Crippen molar-refractivity contribution in [2.75, 3.05) is 6.54 Å². The Morgan fingerprint density at radius 2 is 1.95 bits per heavy atom. The molecule has 1 saturated heterocycles. The molecule has 1 aromatic rings. The van der Waals surface area contributed by atoms with E-state index in [2.05, 4.69) is 30.9 Å². The van der Waals surface area contributed by atoms with Crippen LogP contribution in [-0.2, 0) is 4.79 Å². The first kappa shape index (κ1) is 16.0. The van der Waals surface area contributed by atoms with E-state index < -0.39 is 11.5 Å². The van der Waals surface area contributed by atoms with E-state index in [9.17, 15) is 9.90 Å². The standard InChI is InChI=1S/C18H27NO2/c1-14(2)13-16(15-9-5-4-6-10-15)19-12-8-7-11-18(19,3)17(20)21/h4-6,9-10,14,16H,7-8,11-13H2,1-3H3,(H,20,21). The van der Waals surface area contributed by atoms with Crippen LogP contribution in [0.3, 0.4) is 0 Å². The SMILES string of the molecule is CC(C)CC(c1ccccc1)N1CCCCC1(C)C(=O)O. The molecule has 0 spiro atoms. The lowest BCUT2D eigenvalue weighted by Gasteiger charge is -2.47. The lowest BCUT2D eigenvalue weighted by Crippen LogP contribution is -2.56. The van der Waals surface area contributed by atoms with Gasteiger partial charge in [-0.05, 0) is 50.6 Å². The van der Waals surface area contributed by atoms with Gasteiger partial charge in [-0.1, -0.05) is 44.2 Å². The number of piperidine rings is 1. The Hall–Kier alpha value is -1.35. The van der Waals surface area contributed by atoms with Gasteiger partial charge < -0.3 is 5.11 Å². The molecular formula is C18H27NO2. The van der Waals surface area contributed by atoms with Crippen LogP contribution in [0, 0.1) is 5.92 Å². The van der Waals surface area contributed by atoms with Gasteiger partial charge in [-0.2, -0.15) is 0 Å². The third kappa shape index (κ3) is 3.46. The largest absolute Gasteiger partial charge is 0.480 e. The summed E-state index contributed by atoms with van der Waals surface area (Å²) in [5.41, 5.74) is 0.494. The van der Waals surface area contributed by atoms with Crippen molar-refractivity contribution in [3.8, 4) is 0 Å². The van der Waals surface area contributed by atoms with Crippen LogP contribution in [0.1, 0.15) is 58.1 Å². The quantitative estimate of drug-likeness (QED) is 0.887. The molecule has 116 valence electrons. The number of likely N-dealkylation sites (tertiary alicyclic amines) is 1. The number of benzene rings is 1. The number of hydrogen-bond acceptors (Lipinski definition) is 2. The molecule has 0 aromatic heterocycles. The van der Waals surface area contributed by atoms with Crippen molar-refractivity contribution in [1.82, 2.24) is 4.90 Å². The second kappa shape index (κ2) is 6.61. The molecular weight excluding hydrogens is 262 g/mol. The molecule has 1 aromatic carbocycles. The van der Waals surface area contributed by atoms with E-state index >= 15 is 0 Å². The highest BCUT2D eigenvalue weighted by Crippen LogP contribution is 2.38. The second-order valence-corrected chi connectivity index (χ2v) is 6.79. The third-order valence-corrected chi connectivity index (χ3v) is 4.66. The molecule has 2 rings (SSSR count). The number of carboxylic acid groups (broad SMARTS) is 1. The zero-order chi connectivity index (χ0) is 15.5. The lowest BCUT2D eigenvalue weighted by atomic mass is 9.83. The summed E-state index contributed by atoms with van der Waals surface area (Å²) in [5, 5.41) is 9.76. The van der Waals surface area contributed by atoms with E-state index in [0.29, 0.717) is 5.92 Å². The normalized spacial score (nSPS) is 25.0. The monoisotopic (exact) mass is 289 g/mol. The molecule has 0 radical (unpaired) electrons. The summed E-state index contributed by atoms with van der Waals surface area (Å²) in [6.45, 7) is 7.18. The fourth-order valence-corrected chi connectivity index (χ4v) is 3.44. The Labute approximate surface area is 128 Å². The van der Waals surface area contributed by atoms with Crippen LogP contribution in [0.15, 0.2) is 30.3 Å². The van der Waals surface area contributed by atoms with Gasteiger partial charge in [0.25, 0.3) is 0 Å². The van der Waals surface area contributed by atoms with Crippen LogP contribution in [0.2, 0.25) is 0 Å². The van der Waals surface area contributed by atoms with Crippen molar-refractivity contribution in [1.29, 1.82) is 0 Å². The molecule has 1 aliphatic heterocycles. The zero-order valence-corrected chi connectivity index (χ0v) is 13.4. The highest BCUT2D eigenvalue weighted by atomic mass is 16.4. The smallest absolute Gasteiger partial charge is 0.323 e. The maximum absolute atomic E-state index is 11.9. The molecule has 2 atom stereocenters. The molecule has 1 aliphatic rings. The van der Waals surface area contributed by atoms with Gasteiger partial charge in [0.05, 0.1) is 0 Å². The second-order valence-electron chi connectivity index (χ2n) is 6.79. The molecule has 0 bridgehead atoms. The zero-order valence-electron chi connectivity index (χ0n) is 13.4. The number of nitrogens with zero attached hydrogens (tertiary/aromatic N) is 1. The topological polar surface area (TPSA) is 40.5 Å². The van der Waals surface area contributed by atoms with Crippen molar-refractivity contribution in [3.05, 3.63) is 35.9 Å².